The van der Waals surface area contributed by atoms with Gasteiger partial charge in [0.15, 0.2) is 6.67 Å². The monoisotopic (exact) mass is 282 g/mol. The summed E-state index contributed by atoms with van der Waals surface area (Å²) in [5, 5.41) is 14.8. The van der Waals surface area contributed by atoms with Crippen molar-refractivity contribution in [3.05, 3.63) is 22.4 Å². The Bertz CT molecular complexity index is 480. The topological polar surface area (TPSA) is 90.5 Å². The van der Waals surface area contributed by atoms with E-state index in [4.69, 9.17) is 4.74 Å². The minimum absolute atomic E-state index is 0.0162. The fourth-order valence-corrected chi connectivity index (χ4v) is 2.35. The Morgan fingerprint density at radius 3 is 2.85 bits per heavy atom. The average Bonchev–Trinajstić information content (AvgIpc) is 2.88. The Labute approximate surface area is 116 Å². The van der Waals surface area contributed by atoms with Crippen molar-refractivity contribution in [3.63, 3.8) is 0 Å². The second kappa shape index (κ2) is 6.47. The van der Waals surface area contributed by atoms with Crippen LogP contribution in [0.2, 0.25) is 0 Å². The molecule has 0 bridgehead atoms. The van der Waals surface area contributed by atoms with Gasteiger partial charge in [-0.3, -0.25) is 9.69 Å². The van der Waals surface area contributed by atoms with E-state index in [0.717, 1.165) is 0 Å². The Morgan fingerprint density at radius 2 is 2.25 bits per heavy atom. The number of esters is 1. The predicted octanol–water partition coefficient (Wildman–Crippen LogP) is 1.02. The maximum atomic E-state index is 11.6. The molecule has 0 N–H and O–H groups in total. The molecule has 1 aliphatic rings. The molecule has 0 aromatic carbocycles. The summed E-state index contributed by atoms with van der Waals surface area (Å²) in [6.45, 7) is 3.99. The van der Waals surface area contributed by atoms with E-state index in [1.54, 1.807) is 6.92 Å². The summed E-state index contributed by atoms with van der Waals surface area (Å²) in [5.74, 6) is -0.214. The molecule has 1 aromatic heterocycles. The number of hydrogen-bond acceptors (Lipinski definition) is 6. The van der Waals surface area contributed by atoms with Crippen LogP contribution in [-0.4, -0.2) is 45.3 Å². The summed E-state index contributed by atoms with van der Waals surface area (Å²) in [7, 11) is 0. The van der Waals surface area contributed by atoms with Crippen molar-refractivity contribution in [2.75, 3.05) is 19.7 Å². The second-order valence-corrected chi connectivity index (χ2v) is 4.73. The normalized spacial score (nSPS) is 17.1. The fourth-order valence-electron chi connectivity index (χ4n) is 2.35. The quantitative estimate of drug-likeness (QED) is 0.455. The molecule has 1 fully saturated rings. The average molecular weight is 282 g/mol. The molecule has 0 unspecified atom stereocenters. The molecule has 0 saturated carbocycles. The summed E-state index contributed by atoms with van der Waals surface area (Å²) in [6, 6.07) is 1.38. The van der Waals surface area contributed by atoms with Crippen LogP contribution in [0.15, 0.2) is 12.3 Å². The van der Waals surface area contributed by atoms with E-state index in [0.29, 0.717) is 39.2 Å². The van der Waals surface area contributed by atoms with E-state index in [9.17, 15) is 14.9 Å². The van der Waals surface area contributed by atoms with Gasteiger partial charge in [-0.2, -0.15) is 0 Å². The highest BCUT2D eigenvalue weighted by molar-refractivity contribution is 5.72. The van der Waals surface area contributed by atoms with Crippen LogP contribution < -0.4 is 0 Å². The minimum Gasteiger partial charge on any atom is -0.466 e. The molecule has 2 rings (SSSR count). The molecule has 0 atom stereocenters. The molecule has 1 aliphatic heterocycles. The van der Waals surface area contributed by atoms with Gasteiger partial charge in [0.1, 0.15) is 0 Å². The number of aromatic nitrogens is 2. The summed E-state index contributed by atoms with van der Waals surface area (Å²) in [6.07, 6.45) is 2.85. The van der Waals surface area contributed by atoms with Crippen LogP contribution in [0.25, 0.3) is 0 Å². The van der Waals surface area contributed by atoms with E-state index in [1.807, 2.05) is 0 Å². The lowest BCUT2D eigenvalue weighted by atomic mass is 9.97. The molecule has 0 amide bonds. The van der Waals surface area contributed by atoms with Gasteiger partial charge in [0.25, 0.3) is 0 Å². The first kappa shape index (κ1) is 14.4. The Balaban J connectivity index is 1.87. The van der Waals surface area contributed by atoms with E-state index in [1.165, 1.54) is 16.9 Å². The number of nitro groups is 1. The Kier molecular flexibility index (Phi) is 4.67. The SMILES string of the molecule is CCOC(=O)C1CCN(Cn2nccc2[N+](=O)[O-])CC1. The lowest BCUT2D eigenvalue weighted by Gasteiger charge is -2.29. The highest BCUT2D eigenvalue weighted by Gasteiger charge is 2.27. The molecule has 1 aromatic rings. The zero-order chi connectivity index (χ0) is 14.5. The Hall–Kier alpha value is -1.96. The zero-order valence-electron chi connectivity index (χ0n) is 11.4. The van der Waals surface area contributed by atoms with Crippen molar-refractivity contribution in [1.29, 1.82) is 0 Å². The number of carbonyl (C=O) groups excluding carboxylic acids is 1. The number of likely N-dealkylation sites (tertiary alicyclic amines) is 1. The van der Waals surface area contributed by atoms with E-state index < -0.39 is 4.92 Å². The predicted molar refractivity (Wildman–Crippen MR) is 69.8 cm³/mol. The third-order valence-corrected chi connectivity index (χ3v) is 3.42. The number of ether oxygens (including phenoxy) is 1. The van der Waals surface area contributed by atoms with Crippen molar-refractivity contribution in [2.24, 2.45) is 5.92 Å². The second-order valence-electron chi connectivity index (χ2n) is 4.73. The van der Waals surface area contributed by atoms with Crippen LogP contribution in [0.3, 0.4) is 0 Å². The van der Waals surface area contributed by atoms with Gasteiger partial charge in [0.2, 0.25) is 0 Å². The first-order valence-corrected chi connectivity index (χ1v) is 6.67. The van der Waals surface area contributed by atoms with Crippen molar-refractivity contribution in [1.82, 2.24) is 14.7 Å². The first-order chi connectivity index (χ1) is 9.61. The number of hydrogen-bond donors (Lipinski definition) is 0. The summed E-state index contributed by atoms with van der Waals surface area (Å²) in [4.78, 5) is 24.0. The van der Waals surface area contributed by atoms with Gasteiger partial charge in [-0.05, 0) is 24.7 Å². The highest BCUT2D eigenvalue weighted by Crippen LogP contribution is 2.20. The molecule has 1 saturated heterocycles. The van der Waals surface area contributed by atoms with Crippen LogP contribution >= 0.6 is 0 Å². The number of nitrogens with zero attached hydrogens (tertiary/aromatic N) is 4. The van der Waals surface area contributed by atoms with Crippen LogP contribution in [0.5, 0.6) is 0 Å². The van der Waals surface area contributed by atoms with Gasteiger partial charge >= 0.3 is 11.8 Å². The van der Waals surface area contributed by atoms with Gasteiger partial charge in [-0.15, -0.1) is 4.68 Å². The maximum absolute atomic E-state index is 11.6. The summed E-state index contributed by atoms with van der Waals surface area (Å²) in [5.41, 5.74) is 0. The maximum Gasteiger partial charge on any atom is 0.346 e. The highest BCUT2D eigenvalue weighted by atomic mass is 16.6. The van der Waals surface area contributed by atoms with Crippen molar-refractivity contribution >= 4 is 11.8 Å². The molecule has 8 nitrogen and oxygen atoms in total. The summed E-state index contributed by atoms with van der Waals surface area (Å²) >= 11 is 0. The van der Waals surface area contributed by atoms with Gasteiger partial charge in [0, 0.05) is 13.1 Å². The standard InChI is InChI=1S/C12H18N4O4/c1-2-20-12(17)10-4-7-14(8-5-10)9-15-11(16(18)19)3-6-13-15/h3,6,10H,2,4-5,7-9H2,1H3. The molecule has 8 heteroatoms. The minimum atomic E-state index is -0.446. The molecular weight excluding hydrogens is 264 g/mol. The van der Waals surface area contributed by atoms with Crippen LogP contribution in [0.1, 0.15) is 19.8 Å². The van der Waals surface area contributed by atoms with Crippen molar-refractivity contribution in [3.8, 4) is 0 Å². The Morgan fingerprint density at radius 1 is 1.55 bits per heavy atom. The van der Waals surface area contributed by atoms with Crippen LogP contribution in [0, 0.1) is 16.0 Å². The molecule has 0 radical (unpaired) electrons. The number of rotatable bonds is 5. The lowest BCUT2D eigenvalue weighted by molar-refractivity contribution is -0.393. The molecule has 110 valence electrons. The molecule has 0 aliphatic carbocycles. The molecule has 0 spiro atoms. The largest absolute Gasteiger partial charge is 0.466 e. The van der Waals surface area contributed by atoms with Gasteiger partial charge in [-0.1, -0.05) is 5.10 Å². The van der Waals surface area contributed by atoms with Crippen molar-refractivity contribution < 1.29 is 14.5 Å². The van der Waals surface area contributed by atoms with Crippen molar-refractivity contribution in [2.45, 2.75) is 26.4 Å². The number of carbonyl (C=O) groups is 1. The smallest absolute Gasteiger partial charge is 0.346 e. The van der Waals surface area contributed by atoms with E-state index >= 15 is 0 Å². The van der Waals surface area contributed by atoms with Gasteiger partial charge < -0.3 is 14.9 Å². The molecule has 2 heterocycles. The van der Waals surface area contributed by atoms with E-state index in [2.05, 4.69) is 10.00 Å². The number of piperidine rings is 1. The lowest BCUT2D eigenvalue weighted by Crippen LogP contribution is -2.38. The fraction of sp³-hybridized carbons (Fsp3) is 0.667. The third kappa shape index (κ3) is 3.32. The van der Waals surface area contributed by atoms with Crippen LogP contribution in [-0.2, 0) is 16.2 Å². The van der Waals surface area contributed by atoms with Crippen LogP contribution in [0.4, 0.5) is 5.82 Å². The summed E-state index contributed by atoms with van der Waals surface area (Å²) < 4.78 is 6.37. The van der Waals surface area contributed by atoms with E-state index in [-0.39, 0.29) is 17.7 Å². The molecule has 20 heavy (non-hydrogen) atoms. The van der Waals surface area contributed by atoms with Gasteiger partial charge in [0.05, 0.1) is 24.8 Å². The zero-order valence-corrected chi connectivity index (χ0v) is 11.4. The molecular formula is C12H18N4O4. The first-order valence-electron chi connectivity index (χ1n) is 6.67. The third-order valence-electron chi connectivity index (χ3n) is 3.42. The van der Waals surface area contributed by atoms with Gasteiger partial charge in [-0.25, -0.2) is 0 Å².